The Kier molecular flexibility index (Phi) is 6.97. The number of carbonyl (C=O) groups is 2. The number of hydrogen-bond donors (Lipinski definition) is 2. The molecular formula is C25H21ClN3O3P. The fourth-order valence-electron chi connectivity index (χ4n) is 3.52. The van der Waals surface area contributed by atoms with Crippen LogP contribution in [0.1, 0.15) is 27.3 Å². The summed E-state index contributed by atoms with van der Waals surface area (Å²) in [6.07, 6.45) is 0.254. The zero-order valence-electron chi connectivity index (χ0n) is 17.8. The lowest BCUT2D eigenvalue weighted by atomic mass is 10.1. The fourth-order valence-corrected chi connectivity index (χ4v) is 4.60. The van der Waals surface area contributed by atoms with Crippen molar-refractivity contribution in [3.8, 4) is 0 Å². The molecular weight excluding hydrogens is 457 g/mol. The molecule has 1 aromatic heterocycles. The molecule has 1 atom stereocenters. The molecule has 0 saturated carbocycles. The quantitative estimate of drug-likeness (QED) is 0.298. The van der Waals surface area contributed by atoms with Crippen LogP contribution in [0, 0.1) is 0 Å². The number of carboxylic acid groups (broad SMARTS) is 1. The monoisotopic (exact) mass is 477 g/mol. The molecule has 3 aromatic carbocycles. The first kappa shape index (κ1) is 22.8. The number of amides is 1. The maximum atomic E-state index is 12.7. The zero-order chi connectivity index (χ0) is 23.4. The molecule has 1 amide bonds. The van der Waals surface area contributed by atoms with Gasteiger partial charge < -0.3 is 10.4 Å². The van der Waals surface area contributed by atoms with E-state index >= 15 is 0 Å². The average Bonchev–Trinajstić information content (AvgIpc) is 2.81. The lowest BCUT2D eigenvalue weighted by Gasteiger charge is -2.10. The van der Waals surface area contributed by atoms with Gasteiger partial charge in [0.25, 0.3) is 5.91 Å². The van der Waals surface area contributed by atoms with Crippen LogP contribution in [-0.2, 0) is 17.6 Å². The van der Waals surface area contributed by atoms with E-state index in [1.807, 2.05) is 73.4 Å². The van der Waals surface area contributed by atoms with Crippen LogP contribution in [0.3, 0.4) is 0 Å². The van der Waals surface area contributed by atoms with Crippen molar-refractivity contribution in [1.29, 1.82) is 0 Å². The summed E-state index contributed by atoms with van der Waals surface area (Å²) >= 11 is 6.24. The van der Waals surface area contributed by atoms with Gasteiger partial charge >= 0.3 is 5.97 Å². The predicted octanol–water partition coefficient (Wildman–Crippen LogP) is 4.69. The van der Waals surface area contributed by atoms with Gasteiger partial charge in [-0.05, 0) is 47.3 Å². The van der Waals surface area contributed by atoms with Gasteiger partial charge in [-0.3, -0.25) is 9.59 Å². The predicted molar refractivity (Wildman–Crippen MR) is 133 cm³/mol. The van der Waals surface area contributed by atoms with Crippen molar-refractivity contribution in [2.45, 2.75) is 12.8 Å². The maximum absolute atomic E-state index is 12.7. The summed E-state index contributed by atoms with van der Waals surface area (Å²) in [5, 5.41) is 14.3. The first-order valence-electron chi connectivity index (χ1n) is 10.3. The molecule has 8 heteroatoms. The van der Waals surface area contributed by atoms with E-state index in [1.165, 1.54) is 0 Å². The van der Waals surface area contributed by atoms with Crippen LogP contribution in [0.25, 0.3) is 10.8 Å². The van der Waals surface area contributed by atoms with E-state index in [0.29, 0.717) is 43.1 Å². The molecule has 33 heavy (non-hydrogen) atoms. The first-order valence-corrected chi connectivity index (χ1v) is 12.1. The van der Waals surface area contributed by atoms with Crippen LogP contribution < -0.4 is 10.8 Å². The molecule has 0 saturated heterocycles. The Hall–Kier alpha value is -3.34. The molecule has 1 heterocycles. The number of halogens is 1. The summed E-state index contributed by atoms with van der Waals surface area (Å²) in [5.74, 6) is -0.605. The molecule has 0 aliphatic rings. The summed E-state index contributed by atoms with van der Waals surface area (Å²) in [4.78, 5) is 32.6. The van der Waals surface area contributed by atoms with E-state index < -0.39 is 5.97 Å². The number of aromatic nitrogens is 2. The second-order valence-corrected chi connectivity index (χ2v) is 8.80. The highest BCUT2D eigenvalue weighted by atomic mass is 35.5. The van der Waals surface area contributed by atoms with Crippen LogP contribution in [0.2, 0.25) is 5.15 Å². The minimum atomic E-state index is -0.964. The number of anilines is 1. The highest BCUT2D eigenvalue weighted by Gasteiger charge is 2.15. The maximum Gasteiger partial charge on any atom is 0.308 e. The normalized spacial score (nSPS) is 11.2. The van der Waals surface area contributed by atoms with Crippen molar-refractivity contribution in [3.05, 3.63) is 94.4 Å². The van der Waals surface area contributed by atoms with Crippen LogP contribution in [0.4, 0.5) is 5.69 Å². The van der Waals surface area contributed by atoms with E-state index in [-0.39, 0.29) is 17.5 Å². The summed E-state index contributed by atoms with van der Waals surface area (Å²) < 4.78 is 0. The Balaban J connectivity index is 1.46. The third-order valence-corrected chi connectivity index (χ3v) is 6.35. The van der Waals surface area contributed by atoms with Crippen molar-refractivity contribution < 1.29 is 14.7 Å². The summed E-state index contributed by atoms with van der Waals surface area (Å²) in [6, 6.07) is 21.0. The topological polar surface area (TPSA) is 92.2 Å². The summed E-state index contributed by atoms with van der Waals surface area (Å²) in [7, 11) is 0.310. The molecule has 0 aliphatic carbocycles. The first-order chi connectivity index (χ1) is 15.9. The van der Waals surface area contributed by atoms with Crippen molar-refractivity contribution in [2.24, 2.45) is 0 Å². The molecule has 0 fully saturated rings. The molecule has 0 bridgehead atoms. The Morgan fingerprint density at radius 2 is 1.73 bits per heavy atom. The summed E-state index contributed by atoms with van der Waals surface area (Å²) in [6.45, 7) is 1.93. The number of carboxylic acids is 1. The highest BCUT2D eigenvalue weighted by molar-refractivity contribution is 7.46. The van der Waals surface area contributed by atoms with Gasteiger partial charge in [-0.1, -0.05) is 62.6 Å². The molecule has 166 valence electrons. The third kappa shape index (κ3) is 5.54. The second-order valence-electron chi connectivity index (χ2n) is 7.47. The number of carbonyl (C=O) groups excluding carboxylic acids is 1. The minimum Gasteiger partial charge on any atom is -0.481 e. The van der Waals surface area contributed by atoms with Gasteiger partial charge in [-0.25, -0.2) is 9.97 Å². The van der Waals surface area contributed by atoms with Gasteiger partial charge in [0.05, 0.1) is 11.9 Å². The second kappa shape index (κ2) is 10.1. The lowest BCUT2D eigenvalue weighted by molar-refractivity contribution is -0.136. The Morgan fingerprint density at radius 3 is 2.42 bits per heavy atom. The van der Waals surface area contributed by atoms with Gasteiger partial charge in [0.1, 0.15) is 11.0 Å². The Morgan fingerprint density at radius 1 is 1.00 bits per heavy atom. The smallest absolute Gasteiger partial charge is 0.308 e. The highest BCUT2D eigenvalue weighted by Crippen LogP contribution is 2.20. The average molecular weight is 478 g/mol. The van der Waals surface area contributed by atoms with Gasteiger partial charge in [-0.2, -0.15) is 0 Å². The molecule has 0 aliphatic heterocycles. The van der Waals surface area contributed by atoms with E-state index in [2.05, 4.69) is 15.3 Å². The van der Waals surface area contributed by atoms with Crippen molar-refractivity contribution in [1.82, 2.24) is 9.97 Å². The number of fused-ring (bicyclic) bond motifs is 1. The van der Waals surface area contributed by atoms with E-state index in [0.717, 1.165) is 16.3 Å². The molecule has 0 radical (unpaired) electrons. The number of rotatable bonds is 7. The van der Waals surface area contributed by atoms with Gasteiger partial charge in [0.15, 0.2) is 0 Å². The van der Waals surface area contributed by atoms with Crippen LogP contribution in [0.15, 0.2) is 66.7 Å². The number of nitrogens with zero attached hydrogens (tertiary/aromatic N) is 2. The number of nitrogens with one attached hydrogen (secondary N) is 1. The Bertz CT molecular complexity index is 1340. The fraction of sp³-hybridized carbons (Fsp3) is 0.120. The van der Waals surface area contributed by atoms with Crippen LogP contribution in [-0.4, -0.2) is 33.6 Å². The van der Waals surface area contributed by atoms with Crippen molar-refractivity contribution >= 4 is 54.0 Å². The molecule has 4 aromatic rings. The lowest BCUT2D eigenvalue weighted by Crippen LogP contribution is -2.18. The molecule has 4 rings (SSSR count). The Labute approximate surface area is 197 Å². The van der Waals surface area contributed by atoms with E-state index in [1.54, 1.807) is 0 Å². The standard InChI is InChI=1S/C25H21ClN3O3P/c1-33-25-20(14-22(30)31)23(26)28-21(29-25)12-15-6-10-19(11-7-15)27-24(32)18-9-8-16-4-2-3-5-17(16)13-18/h2-11,13,33H,12,14H2,1H3,(H,27,32)(H,30,31). The van der Waals surface area contributed by atoms with Gasteiger partial charge in [0, 0.05) is 23.2 Å². The minimum absolute atomic E-state index is 0.175. The van der Waals surface area contributed by atoms with Gasteiger partial charge in [0.2, 0.25) is 0 Å². The number of benzene rings is 3. The SMILES string of the molecule is CPc1nc(Cc2ccc(NC(=O)c3ccc4ccccc4c3)cc2)nc(Cl)c1CC(=O)O. The van der Waals surface area contributed by atoms with Crippen LogP contribution >= 0.6 is 20.2 Å². The zero-order valence-corrected chi connectivity index (χ0v) is 19.6. The van der Waals surface area contributed by atoms with Crippen molar-refractivity contribution in [3.63, 3.8) is 0 Å². The number of hydrogen-bond acceptors (Lipinski definition) is 4. The molecule has 6 nitrogen and oxygen atoms in total. The molecule has 0 spiro atoms. The largest absolute Gasteiger partial charge is 0.481 e. The summed E-state index contributed by atoms with van der Waals surface area (Å²) in [5.41, 5.74) is 3.37. The van der Waals surface area contributed by atoms with Crippen molar-refractivity contribution in [2.75, 3.05) is 12.0 Å². The van der Waals surface area contributed by atoms with Gasteiger partial charge in [-0.15, -0.1) is 0 Å². The van der Waals surface area contributed by atoms with Crippen LogP contribution in [0.5, 0.6) is 0 Å². The number of aliphatic carboxylic acids is 1. The molecule has 2 N–H and O–H groups in total. The van der Waals surface area contributed by atoms with E-state index in [4.69, 9.17) is 16.7 Å². The third-order valence-electron chi connectivity index (χ3n) is 5.15. The molecule has 1 unspecified atom stereocenters. The van der Waals surface area contributed by atoms with E-state index in [9.17, 15) is 9.59 Å².